The molecule has 3 aromatic rings. The Balaban J connectivity index is 1.57. The van der Waals surface area contributed by atoms with Crippen molar-refractivity contribution in [3.05, 3.63) is 86.9 Å². The fourth-order valence-corrected chi connectivity index (χ4v) is 4.73. The monoisotopic (exact) mass is 386 g/mol. The van der Waals surface area contributed by atoms with Crippen molar-refractivity contribution in [1.29, 1.82) is 0 Å². The van der Waals surface area contributed by atoms with Gasteiger partial charge in [-0.2, -0.15) is 0 Å². The molecule has 1 aromatic heterocycles. The fourth-order valence-electron chi connectivity index (χ4n) is 2.66. The number of benzene rings is 2. The lowest BCUT2D eigenvalue weighted by molar-refractivity contribution is 0.580. The van der Waals surface area contributed by atoms with Gasteiger partial charge in [-0.3, -0.25) is 0 Å². The van der Waals surface area contributed by atoms with Crippen molar-refractivity contribution in [2.75, 3.05) is 0 Å². The third-order valence-corrected chi connectivity index (χ3v) is 6.28. The molecule has 4 nitrogen and oxygen atoms in total. The van der Waals surface area contributed by atoms with E-state index in [4.69, 9.17) is 0 Å². The number of hydrogen-bond donors (Lipinski definition) is 1. The van der Waals surface area contributed by atoms with Crippen LogP contribution < -0.4 is 4.72 Å². The molecule has 0 fully saturated rings. The minimum Gasteiger partial charge on any atom is -0.248 e. The summed E-state index contributed by atoms with van der Waals surface area (Å²) in [6.45, 7) is 4.25. The molecule has 0 saturated carbocycles. The van der Waals surface area contributed by atoms with Crippen LogP contribution in [0.1, 0.15) is 32.1 Å². The van der Waals surface area contributed by atoms with Crippen LogP contribution in [-0.2, 0) is 28.7 Å². The van der Waals surface area contributed by atoms with Gasteiger partial charge in [0.2, 0.25) is 10.0 Å². The van der Waals surface area contributed by atoms with Crippen LogP contribution in [-0.4, -0.2) is 13.4 Å². The van der Waals surface area contributed by atoms with Gasteiger partial charge in [0.25, 0.3) is 0 Å². The van der Waals surface area contributed by atoms with Crippen molar-refractivity contribution in [1.82, 2.24) is 9.71 Å². The Morgan fingerprint density at radius 1 is 1.00 bits per heavy atom. The van der Waals surface area contributed by atoms with E-state index in [0.717, 1.165) is 27.4 Å². The molecule has 0 saturated heterocycles. The summed E-state index contributed by atoms with van der Waals surface area (Å²) in [5, 5.41) is 0.778. The molecule has 0 aliphatic heterocycles. The first-order chi connectivity index (χ1) is 12.4. The van der Waals surface area contributed by atoms with Crippen LogP contribution in [0.15, 0.2) is 54.7 Å². The smallest absolute Gasteiger partial charge is 0.216 e. The van der Waals surface area contributed by atoms with Crippen molar-refractivity contribution >= 4 is 21.4 Å². The number of rotatable bonds is 7. The van der Waals surface area contributed by atoms with Crippen LogP contribution >= 0.6 is 11.3 Å². The number of thiazole rings is 1. The second kappa shape index (κ2) is 8.12. The molecular weight excluding hydrogens is 364 g/mol. The van der Waals surface area contributed by atoms with E-state index in [1.54, 1.807) is 11.3 Å². The highest BCUT2D eigenvalue weighted by molar-refractivity contribution is 7.88. The van der Waals surface area contributed by atoms with Gasteiger partial charge in [-0.25, -0.2) is 18.1 Å². The molecule has 2 aromatic carbocycles. The lowest BCUT2D eigenvalue weighted by Gasteiger charge is -2.06. The summed E-state index contributed by atoms with van der Waals surface area (Å²) in [5.74, 6) is -0.0176. The molecule has 1 heterocycles. The average molecular weight is 387 g/mol. The van der Waals surface area contributed by atoms with E-state index in [1.165, 1.54) is 11.1 Å². The highest BCUT2D eigenvalue weighted by atomic mass is 32.2. The van der Waals surface area contributed by atoms with E-state index in [9.17, 15) is 8.42 Å². The fraction of sp³-hybridized carbons (Fsp3) is 0.250. The standard InChI is InChI=1S/C20H22N2O2S2/c1-15-6-8-17(9-7-15)11-19-12-21-20(25-19)13-22-26(23,24)14-18-5-3-4-16(2)10-18/h3-10,12,22H,11,13-14H2,1-2H3. The van der Waals surface area contributed by atoms with E-state index in [0.29, 0.717) is 0 Å². The number of nitrogens with zero attached hydrogens (tertiary/aromatic N) is 1. The van der Waals surface area contributed by atoms with Crippen LogP contribution in [0, 0.1) is 13.8 Å². The zero-order chi connectivity index (χ0) is 18.6. The summed E-state index contributed by atoms with van der Waals surface area (Å²) >= 11 is 1.54. The van der Waals surface area contributed by atoms with Crippen LogP contribution in [0.5, 0.6) is 0 Å². The molecule has 1 N–H and O–H groups in total. The first-order valence-electron chi connectivity index (χ1n) is 8.42. The molecule has 0 aliphatic carbocycles. The Bertz CT molecular complexity index is 977. The second-order valence-corrected chi connectivity index (χ2v) is 9.46. The van der Waals surface area contributed by atoms with E-state index in [2.05, 4.69) is 40.9 Å². The molecule has 0 spiro atoms. The molecule has 0 unspecified atom stereocenters. The third kappa shape index (κ3) is 5.49. The highest BCUT2D eigenvalue weighted by Gasteiger charge is 2.13. The second-order valence-electron chi connectivity index (χ2n) is 6.45. The maximum atomic E-state index is 12.3. The quantitative estimate of drug-likeness (QED) is 0.668. The molecule has 0 amide bonds. The van der Waals surface area contributed by atoms with E-state index >= 15 is 0 Å². The van der Waals surface area contributed by atoms with Crippen LogP contribution in [0.25, 0.3) is 0 Å². The van der Waals surface area contributed by atoms with E-state index in [1.807, 2.05) is 37.4 Å². The molecule has 0 aliphatic rings. The lowest BCUT2D eigenvalue weighted by atomic mass is 10.1. The minimum absolute atomic E-state index is 0.0176. The molecular formula is C20H22N2O2S2. The van der Waals surface area contributed by atoms with Crippen molar-refractivity contribution in [2.45, 2.75) is 32.6 Å². The van der Waals surface area contributed by atoms with Gasteiger partial charge in [-0.05, 0) is 25.0 Å². The minimum atomic E-state index is -3.39. The number of sulfonamides is 1. The van der Waals surface area contributed by atoms with Gasteiger partial charge in [0.05, 0.1) is 12.3 Å². The first-order valence-corrected chi connectivity index (χ1v) is 10.9. The van der Waals surface area contributed by atoms with Gasteiger partial charge in [-0.1, -0.05) is 59.7 Å². The molecule has 0 bridgehead atoms. The predicted molar refractivity (Wildman–Crippen MR) is 107 cm³/mol. The molecule has 136 valence electrons. The average Bonchev–Trinajstić information content (AvgIpc) is 3.02. The summed E-state index contributed by atoms with van der Waals surface area (Å²) in [7, 11) is -3.39. The Kier molecular flexibility index (Phi) is 5.86. The van der Waals surface area contributed by atoms with E-state index in [-0.39, 0.29) is 12.3 Å². The molecule has 0 radical (unpaired) electrons. The SMILES string of the molecule is Cc1ccc(Cc2cnc(CNS(=O)(=O)Cc3cccc(C)c3)s2)cc1. The van der Waals surface area contributed by atoms with Gasteiger partial charge in [0.15, 0.2) is 0 Å². The lowest BCUT2D eigenvalue weighted by Crippen LogP contribution is -2.24. The van der Waals surface area contributed by atoms with E-state index < -0.39 is 10.0 Å². The molecule has 6 heteroatoms. The summed E-state index contributed by atoms with van der Waals surface area (Å²) < 4.78 is 27.2. The van der Waals surface area contributed by atoms with Crippen LogP contribution in [0.2, 0.25) is 0 Å². The number of aryl methyl sites for hydroxylation is 2. The Labute approximate surface area is 159 Å². The molecule has 3 rings (SSSR count). The Morgan fingerprint density at radius 3 is 2.50 bits per heavy atom. The summed E-state index contributed by atoms with van der Waals surface area (Å²) in [4.78, 5) is 5.47. The largest absolute Gasteiger partial charge is 0.248 e. The van der Waals surface area contributed by atoms with Crippen molar-refractivity contribution < 1.29 is 8.42 Å². The van der Waals surface area contributed by atoms with Crippen LogP contribution in [0.4, 0.5) is 0 Å². The molecule has 26 heavy (non-hydrogen) atoms. The zero-order valence-corrected chi connectivity index (χ0v) is 16.5. The normalized spacial score (nSPS) is 11.6. The number of aromatic nitrogens is 1. The zero-order valence-electron chi connectivity index (χ0n) is 14.9. The first kappa shape index (κ1) is 18.8. The maximum absolute atomic E-state index is 12.3. The Hall–Kier alpha value is -2.02. The maximum Gasteiger partial charge on any atom is 0.216 e. The van der Waals surface area contributed by atoms with Gasteiger partial charge in [0, 0.05) is 17.5 Å². The van der Waals surface area contributed by atoms with Gasteiger partial charge in [-0.15, -0.1) is 11.3 Å². The molecule has 0 atom stereocenters. The summed E-state index contributed by atoms with van der Waals surface area (Å²) in [6, 6.07) is 16.0. The topological polar surface area (TPSA) is 59.1 Å². The predicted octanol–water partition coefficient (Wildman–Crippen LogP) is 3.97. The van der Waals surface area contributed by atoms with Gasteiger partial charge < -0.3 is 0 Å². The number of hydrogen-bond acceptors (Lipinski definition) is 4. The Morgan fingerprint density at radius 2 is 1.77 bits per heavy atom. The third-order valence-electron chi connectivity index (χ3n) is 3.98. The number of nitrogens with one attached hydrogen (secondary N) is 1. The van der Waals surface area contributed by atoms with Gasteiger partial charge >= 0.3 is 0 Å². The van der Waals surface area contributed by atoms with Crippen molar-refractivity contribution in [3.63, 3.8) is 0 Å². The van der Waals surface area contributed by atoms with Crippen LogP contribution in [0.3, 0.4) is 0 Å². The summed E-state index contributed by atoms with van der Waals surface area (Å²) in [5.41, 5.74) is 4.31. The highest BCUT2D eigenvalue weighted by Crippen LogP contribution is 2.18. The van der Waals surface area contributed by atoms with Gasteiger partial charge in [0.1, 0.15) is 5.01 Å². The van der Waals surface area contributed by atoms with Crippen molar-refractivity contribution in [3.8, 4) is 0 Å². The van der Waals surface area contributed by atoms with Crippen molar-refractivity contribution in [2.24, 2.45) is 0 Å². The summed E-state index contributed by atoms with van der Waals surface area (Å²) in [6.07, 6.45) is 2.64.